The minimum Gasteiger partial charge on any atom is -0.465 e. The Balaban J connectivity index is 2.06. The molecule has 0 radical (unpaired) electrons. The second-order valence-corrected chi connectivity index (χ2v) is 10.6. The highest BCUT2D eigenvalue weighted by Gasteiger charge is 2.42. The van der Waals surface area contributed by atoms with Crippen molar-refractivity contribution in [2.45, 2.75) is 91.4 Å². The number of unbranched alkanes of at least 4 members (excludes halogenated alkanes) is 2. The fourth-order valence-corrected chi connectivity index (χ4v) is 5.10. The fraction of sp³-hybridized carbons (Fsp3) is 0.667. The van der Waals surface area contributed by atoms with Gasteiger partial charge in [-0.25, -0.2) is 4.79 Å². The maximum absolute atomic E-state index is 12.3. The van der Waals surface area contributed by atoms with Crippen LogP contribution in [0.2, 0.25) is 0 Å². The summed E-state index contributed by atoms with van der Waals surface area (Å²) in [5.74, 6) is -0.218. The van der Waals surface area contributed by atoms with E-state index in [0.717, 1.165) is 38.5 Å². The molecular weight excluding hydrogens is 440 g/mol. The van der Waals surface area contributed by atoms with E-state index in [-0.39, 0.29) is 36.6 Å². The van der Waals surface area contributed by atoms with Crippen LogP contribution in [0.1, 0.15) is 96.1 Å². The summed E-state index contributed by atoms with van der Waals surface area (Å²) in [5.41, 5.74) is 2.42. The summed E-state index contributed by atoms with van der Waals surface area (Å²) in [7, 11) is 0. The smallest absolute Gasteiger partial charge is 0.335 e. The van der Waals surface area contributed by atoms with E-state index in [2.05, 4.69) is 44.7 Å². The summed E-state index contributed by atoms with van der Waals surface area (Å²) < 4.78 is 11.3. The van der Waals surface area contributed by atoms with E-state index in [4.69, 9.17) is 9.47 Å². The molecule has 1 aliphatic rings. The molecule has 1 saturated carbocycles. The molecule has 0 aromatic heterocycles. The van der Waals surface area contributed by atoms with Crippen LogP contribution in [0, 0.1) is 17.3 Å². The zero-order valence-electron chi connectivity index (χ0n) is 22.3. The molecule has 5 heteroatoms. The van der Waals surface area contributed by atoms with Gasteiger partial charge < -0.3 is 14.6 Å². The number of rotatable bonds is 14. The molecule has 1 aromatic carbocycles. The Morgan fingerprint density at radius 1 is 1.03 bits per heavy atom. The fourth-order valence-electron chi connectivity index (χ4n) is 5.10. The normalized spacial score (nSPS) is 19.7. The van der Waals surface area contributed by atoms with Crippen molar-refractivity contribution in [3.05, 3.63) is 47.5 Å². The maximum atomic E-state index is 12.3. The van der Waals surface area contributed by atoms with Crippen molar-refractivity contribution >= 4 is 11.9 Å². The molecule has 1 unspecified atom stereocenters. The van der Waals surface area contributed by atoms with Gasteiger partial charge in [0, 0.05) is 5.41 Å². The van der Waals surface area contributed by atoms with Gasteiger partial charge in [0.1, 0.15) is 13.2 Å². The van der Waals surface area contributed by atoms with Gasteiger partial charge in [-0.1, -0.05) is 71.4 Å². The summed E-state index contributed by atoms with van der Waals surface area (Å²) >= 11 is 0. The molecular formula is C30H46O5. The first-order valence-electron chi connectivity index (χ1n) is 13.5. The lowest BCUT2D eigenvalue weighted by molar-refractivity contribution is -0.159. The Labute approximate surface area is 212 Å². The average Bonchev–Trinajstić information content (AvgIpc) is 2.89. The van der Waals surface area contributed by atoms with Crippen molar-refractivity contribution in [3.63, 3.8) is 0 Å². The lowest BCUT2D eigenvalue weighted by Crippen LogP contribution is -2.42. The van der Waals surface area contributed by atoms with Crippen LogP contribution in [0.5, 0.6) is 0 Å². The number of benzene rings is 1. The monoisotopic (exact) mass is 486 g/mol. The minimum atomic E-state index is -0.590. The van der Waals surface area contributed by atoms with Gasteiger partial charge in [-0.05, 0) is 67.9 Å². The molecule has 35 heavy (non-hydrogen) atoms. The van der Waals surface area contributed by atoms with Gasteiger partial charge >= 0.3 is 11.9 Å². The van der Waals surface area contributed by atoms with Gasteiger partial charge in [0.2, 0.25) is 0 Å². The van der Waals surface area contributed by atoms with Crippen LogP contribution >= 0.6 is 0 Å². The Hall–Kier alpha value is -2.14. The summed E-state index contributed by atoms with van der Waals surface area (Å²) in [6.45, 7) is 11.5. The van der Waals surface area contributed by atoms with Crippen molar-refractivity contribution in [2.24, 2.45) is 17.3 Å². The maximum Gasteiger partial charge on any atom is 0.335 e. The molecule has 1 N–H and O–H groups in total. The largest absolute Gasteiger partial charge is 0.465 e. The van der Waals surface area contributed by atoms with E-state index in [1.54, 1.807) is 0 Å². The number of aryl methyl sites for hydroxylation is 1. The second kappa shape index (κ2) is 14.4. The van der Waals surface area contributed by atoms with E-state index in [0.29, 0.717) is 5.92 Å². The Morgan fingerprint density at radius 3 is 2.20 bits per heavy atom. The SMILES string of the molecule is C=C(CO)C(=O)OCC(CC)(COC(=O)C(C)C)C1CCC(c2ccc(CCCCC)cc2)CC1. The first-order chi connectivity index (χ1) is 16.8. The van der Waals surface area contributed by atoms with Crippen LogP contribution in [-0.4, -0.2) is 36.9 Å². The number of carbonyl (C=O) groups excluding carboxylic acids is 2. The minimum absolute atomic E-state index is 0.0380. The van der Waals surface area contributed by atoms with Gasteiger partial charge in [-0.2, -0.15) is 0 Å². The van der Waals surface area contributed by atoms with Gasteiger partial charge in [0.05, 0.1) is 18.1 Å². The van der Waals surface area contributed by atoms with Crippen LogP contribution in [0.15, 0.2) is 36.4 Å². The van der Waals surface area contributed by atoms with Crippen LogP contribution in [-0.2, 0) is 25.5 Å². The molecule has 2 rings (SSSR count). The third-order valence-corrected chi connectivity index (χ3v) is 7.76. The summed E-state index contributed by atoms with van der Waals surface area (Å²) in [4.78, 5) is 24.5. The van der Waals surface area contributed by atoms with E-state index >= 15 is 0 Å². The molecule has 0 bridgehead atoms. The van der Waals surface area contributed by atoms with E-state index in [9.17, 15) is 14.7 Å². The van der Waals surface area contributed by atoms with Gasteiger partial charge in [-0.15, -0.1) is 0 Å². The van der Waals surface area contributed by atoms with E-state index in [1.807, 2.05) is 13.8 Å². The number of carbonyl (C=O) groups is 2. The zero-order chi connectivity index (χ0) is 25.8. The molecule has 0 amide bonds. The predicted octanol–water partition coefficient (Wildman–Crippen LogP) is 6.38. The zero-order valence-corrected chi connectivity index (χ0v) is 22.3. The molecule has 5 nitrogen and oxygen atoms in total. The number of hydrogen-bond donors (Lipinski definition) is 1. The van der Waals surface area contributed by atoms with E-state index < -0.39 is 18.0 Å². The topological polar surface area (TPSA) is 72.8 Å². The molecule has 1 aliphatic carbocycles. The molecule has 0 saturated heterocycles. The Kier molecular flexibility index (Phi) is 12.0. The first-order valence-corrected chi connectivity index (χ1v) is 13.5. The third kappa shape index (κ3) is 8.49. The van der Waals surface area contributed by atoms with Crippen molar-refractivity contribution in [2.75, 3.05) is 19.8 Å². The Bertz CT molecular complexity index is 805. The quantitative estimate of drug-likeness (QED) is 0.188. The number of aliphatic hydroxyl groups is 1. The van der Waals surface area contributed by atoms with Crippen molar-refractivity contribution in [1.29, 1.82) is 0 Å². The van der Waals surface area contributed by atoms with E-state index in [1.165, 1.54) is 30.4 Å². The highest BCUT2D eigenvalue weighted by atomic mass is 16.5. The summed E-state index contributed by atoms with van der Waals surface area (Å²) in [6, 6.07) is 9.16. The predicted molar refractivity (Wildman–Crippen MR) is 140 cm³/mol. The highest BCUT2D eigenvalue weighted by molar-refractivity contribution is 5.87. The molecule has 1 atom stereocenters. The van der Waals surface area contributed by atoms with Gasteiger partial charge in [0.25, 0.3) is 0 Å². The summed E-state index contributed by atoms with van der Waals surface area (Å²) in [6.07, 6.45) is 9.78. The molecule has 0 aliphatic heterocycles. The van der Waals surface area contributed by atoms with Crippen LogP contribution in [0.3, 0.4) is 0 Å². The number of hydrogen-bond acceptors (Lipinski definition) is 5. The second-order valence-electron chi connectivity index (χ2n) is 10.6. The molecule has 0 heterocycles. The van der Waals surface area contributed by atoms with Crippen molar-refractivity contribution in [1.82, 2.24) is 0 Å². The average molecular weight is 487 g/mol. The van der Waals surface area contributed by atoms with Crippen LogP contribution in [0.25, 0.3) is 0 Å². The lowest BCUT2D eigenvalue weighted by atomic mass is 9.65. The summed E-state index contributed by atoms with van der Waals surface area (Å²) in [5, 5.41) is 9.22. The molecule has 1 aromatic rings. The third-order valence-electron chi connectivity index (χ3n) is 7.76. The van der Waals surface area contributed by atoms with Crippen molar-refractivity contribution < 1.29 is 24.2 Å². The first kappa shape index (κ1) is 29.1. The molecule has 1 fully saturated rings. The van der Waals surface area contributed by atoms with Crippen molar-refractivity contribution in [3.8, 4) is 0 Å². The van der Waals surface area contributed by atoms with Gasteiger partial charge in [0.15, 0.2) is 0 Å². The highest BCUT2D eigenvalue weighted by Crippen LogP contribution is 2.46. The standard InChI is InChI=1S/C30H46O5/c1-6-8-9-10-24-11-13-25(14-12-24)26-15-17-27(18-16-26)30(7-2,20-34-28(32)22(3)4)21-35-29(33)23(5)19-31/h11-14,22,26-27,31H,5-10,15-21H2,1-4H3. The van der Waals surface area contributed by atoms with Gasteiger partial charge in [-0.3, -0.25) is 4.79 Å². The molecule has 196 valence electrons. The lowest BCUT2D eigenvalue weighted by Gasteiger charge is -2.43. The number of aliphatic hydroxyl groups excluding tert-OH is 1. The Morgan fingerprint density at radius 2 is 1.66 bits per heavy atom. The van der Waals surface area contributed by atoms with Crippen LogP contribution < -0.4 is 0 Å². The number of ether oxygens (including phenoxy) is 2. The number of esters is 2. The van der Waals surface area contributed by atoms with Crippen LogP contribution in [0.4, 0.5) is 0 Å². The molecule has 0 spiro atoms.